The maximum atomic E-state index is 11.9. The van der Waals surface area contributed by atoms with E-state index in [9.17, 15) is 18.3 Å². The highest BCUT2D eigenvalue weighted by Gasteiger charge is 2.24. The Morgan fingerprint density at radius 1 is 1.38 bits per heavy atom. The lowest BCUT2D eigenvalue weighted by Gasteiger charge is -2.17. The first-order chi connectivity index (χ1) is 7.35. The molecular formula is C10H12NO4S-. The van der Waals surface area contributed by atoms with Crippen LogP contribution in [-0.4, -0.2) is 19.9 Å². The predicted octanol–water partition coefficient (Wildman–Crippen LogP) is 0.0476. The van der Waals surface area contributed by atoms with Crippen LogP contribution in [0, 0.1) is 6.92 Å². The van der Waals surface area contributed by atoms with Gasteiger partial charge in [-0.05, 0) is 25.5 Å². The molecule has 0 fully saturated rings. The minimum Gasteiger partial charge on any atom is -0.530 e. The smallest absolute Gasteiger partial charge is 0.199 e. The van der Waals surface area contributed by atoms with Crippen LogP contribution < -0.4 is 10.4 Å². The predicted molar refractivity (Wildman–Crippen MR) is 56.4 cm³/mol. The van der Waals surface area contributed by atoms with Crippen LogP contribution in [0.3, 0.4) is 0 Å². The number of carbonyl (C=O) groups is 1. The largest absolute Gasteiger partial charge is 0.530 e. The van der Waals surface area contributed by atoms with E-state index in [1.165, 1.54) is 13.0 Å². The number of carbonyl (C=O) groups excluding carboxylic acids is 1. The van der Waals surface area contributed by atoms with Gasteiger partial charge in [-0.25, -0.2) is 8.42 Å². The Hall–Kier alpha value is -1.56. The summed E-state index contributed by atoms with van der Waals surface area (Å²) in [4.78, 5) is 10.4. The van der Waals surface area contributed by atoms with E-state index in [-0.39, 0.29) is 4.90 Å². The lowest BCUT2D eigenvalue weighted by molar-refractivity contribution is -0.250. The summed E-state index contributed by atoms with van der Waals surface area (Å²) < 4.78 is 23.9. The SMILES string of the molecule is Cc1ccccc1S(=O)(=O)C(C)NC(=O)[O-]. The fraction of sp³-hybridized carbons (Fsp3) is 0.300. The second-order valence-electron chi connectivity index (χ2n) is 3.38. The monoisotopic (exact) mass is 242 g/mol. The highest BCUT2D eigenvalue weighted by molar-refractivity contribution is 7.92. The normalized spacial score (nSPS) is 13.1. The highest BCUT2D eigenvalue weighted by atomic mass is 32.2. The second-order valence-corrected chi connectivity index (χ2v) is 5.62. The van der Waals surface area contributed by atoms with E-state index in [2.05, 4.69) is 0 Å². The average Bonchev–Trinajstić information content (AvgIpc) is 2.16. The Balaban J connectivity index is 3.12. The lowest BCUT2D eigenvalue weighted by Crippen LogP contribution is -2.45. The summed E-state index contributed by atoms with van der Waals surface area (Å²) in [5.41, 5.74) is 0.578. The van der Waals surface area contributed by atoms with Gasteiger partial charge in [-0.2, -0.15) is 0 Å². The van der Waals surface area contributed by atoms with Gasteiger partial charge in [0.1, 0.15) is 11.5 Å². The summed E-state index contributed by atoms with van der Waals surface area (Å²) in [5, 5.41) is 10.9. The molecule has 16 heavy (non-hydrogen) atoms. The van der Waals surface area contributed by atoms with Gasteiger partial charge >= 0.3 is 0 Å². The van der Waals surface area contributed by atoms with Gasteiger partial charge in [0.25, 0.3) is 0 Å². The molecule has 1 unspecified atom stereocenters. The molecule has 0 aliphatic heterocycles. The van der Waals surface area contributed by atoms with Crippen molar-refractivity contribution in [2.75, 3.05) is 0 Å². The lowest BCUT2D eigenvalue weighted by atomic mass is 10.2. The molecule has 1 N–H and O–H groups in total. The highest BCUT2D eigenvalue weighted by Crippen LogP contribution is 2.18. The number of sulfone groups is 1. The molecular weight excluding hydrogens is 230 g/mol. The molecule has 0 spiro atoms. The molecule has 0 bridgehead atoms. The minimum absolute atomic E-state index is 0.122. The van der Waals surface area contributed by atoms with Crippen LogP contribution in [0.1, 0.15) is 12.5 Å². The van der Waals surface area contributed by atoms with E-state index in [4.69, 9.17) is 0 Å². The van der Waals surface area contributed by atoms with Crippen LogP contribution in [0.5, 0.6) is 0 Å². The van der Waals surface area contributed by atoms with E-state index in [1.807, 2.05) is 5.32 Å². The third kappa shape index (κ3) is 2.52. The first-order valence-corrected chi connectivity index (χ1v) is 6.17. The van der Waals surface area contributed by atoms with Crippen LogP contribution >= 0.6 is 0 Å². The van der Waals surface area contributed by atoms with Crippen molar-refractivity contribution in [3.8, 4) is 0 Å². The van der Waals surface area contributed by atoms with E-state index in [0.29, 0.717) is 5.56 Å². The second kappa shape index (κ2) is 4.52. The average molecular weight is 242 g/mol. The Morgan fingerprint density at radius 3 is 2.44 bits per heavy atom. The van der Waals surface area contributed by atoms with E-state index in [1.54, 1.807) is 25.1 Å². The molecule has 1 aromatic rings. The Bertz CT molecular complexity index is 495. The van der Waals surface area contributed by atoms with Crippen LogP contribution in [0.15, 0.2) is 29.2 Å². The fourth-order valence-corrected chi connectivity index (χ4v) is 2.73. The van der Waals surface area contributed by atoms with Crippen LogP contribution in [0.4, 0.5) is 4.79 Å². The number of rotatable bonds is 3. The number of carboxylic acid groups (broad SMARTS) is 1. The Kier molecular flexibility index (Phi) is 3.54. The topological polar surface area (TPSA) is 86.3 Å². The van der Waals surface area contributed by atoms with Crippen molar-refractivity contribution in [3.05, 3.63) is 29.8 Å². The van der Waals surface area contributed by atoms with Crippen molar-refractivity contribution in [2.24, 2.45) is 0 Å². The van der Waals surface area contributed by atoms with E-state index < -0.39 is 21.3 Å². The fourth-order valence-electron chi connectivity index (χ4n) is 1.31. The van der Waals surface area contributed by atoms with Crippen molar-refractivity contribution in [1.29, 1.82) is 0 Å². The van der Waals surface area contributed by atoms with Crippen molar-refractivity contribution in [3.63, 3.8) is 0 Å². The van der Waals surface area contributed by atoms with Gasteiger partial charge in [-0.15, -0.1) is 0 Å². The number of amides is 1. The van der Waals surface area contributed by atoms with Gasteiger partial charge in [-0.1, -0.05) is 18.2 Å². The van der Waals surface area contributed by atoms with Crippen molar-refractivity contribution in [2.45, 2.75) is 24.1 Å². The molecule has 0 heterocycles. The summed E-state index contributed by atoms with van der Waals surface area (Å²) in [6.07, 6.45) is -1.61. The van der Waals surface area contributed by atoms with Gasteiger partial charge < -0.3 is 15.2 Å². The van der Waals surface area contributed by atoms with Crippen LogP contribution in [0.2, 0.25) is 0 Å². The Morgan fingerprint density at radius 2 is 1.94 bits per heavy atom. The summed E-state index contributed by atoms with van der Waals surface area (Å²) in [6.45, 7) is 2.91. The van der Waals surface area contributed by atoms with E-state index in [0.717, 1.165) is 0 Å². The maximum Gasteiger partial charge on any atom is 0.199 e. The van der Waals surface area contributed by atoms with Gasteiger partial charge in [-0.3, -0.25) is 0 Å². The van der Waals surface area contributed by atoms with Gasteiger partial charge in [0.15, 0.2) is 9.84 Å². The Labute approximate surface area is 94.0 Å². The molecule has 88 valence electrons. The van der Waals surface area contributed by atoms with E-state index >= 15 is 0 Å². The van der Waals surface area contributed by atoms with Crippen molar-refractivity contribution < 1.29 is 18.3 Å². The molecule has 0 saturated heterocycles. The molecule has 6 heteroatoms. The number of nitrogens with one attached hydrogen (secondary N) is 1. The molecule has 5 nitrogen and oxygen atoms in total. The first-order valence-electron chi connectivity index (χ1n) is 4.62. The van der Waals surface area contributed by atoms with Crippen LogP contribution in [-0.2, 0) is 9.84 Å². The van der Waals surface area contributed by atoms with Crippen LogP contribution in [0.25, 0.3) is 0 Å². The van der Waals surface area contributed by atoms with Gasteiger partial charge in [0, 0.05) is 0 Å². The van der Waals surface area contributed by atoms with Gasteiger partial charge in [0.05, 0.1) is 4.90 Å². The quantitative estimate of drug-likeness (QED) is 0.811. The zero-order chi connectivity index (χ0) is 12.3. The molecule has 0 radical (unpaired) electrons. The van der Waals surface area contributed by atoms with Crippen molar-refractivity contribution >= 4 is 15.9 Å². The molecule has 0 aliphatic carbocycles. The zero-order valence-corrected chi connectivity index (χ0v) is 9.74. The van der Waals surface area contributed by atoms with Crippen molar-refractivity contribution in [1.82, 2.24) is 5.32 Å². The summed E-state index contributed by atoms with van der Waals surface area (Å²) in [6, 6.07) is 6.40. The maximum absolute atomic E-state index is 11.9. The molecule has 1 aromatic carbocycles. The molecule has 1 atom stereocenters. The molecule has 0 saturated carbocycles. The standard InChI is InChI=1S/C10H13NO4S/c1-7-5-3-4-6-9(7)16(14,15)8(2)11-10(12)13/h3-6,8,11H,1-2H3,(H,12,13)/p-1. The molecule has 1 amide bonds. The molecule has 0 aromatic heterocycles. The first kappa shape index (κ1) is 12.5. The number of hydrogen-bond acceptors (Lipinski definition) is 4. The summed E-state index contributed by atoms with van der Waals surface area (Å²) in [5.74, 6) is 0. The third-order valence-electron chi connectivity index (χ3n) is 2.19. The number of aryl methyl sites for hydroxylation is 1. The number of hydrogen-bond donors (Lipinski definition) is 1. The number of benzene rings is 1. The molecule has 0 aliphatic rings. The summed E-state index contributed by atoms with van der Waals surface area (Å²) in [7, 11) is -3.70. The third-order valence-corrected chi connectivity index (χ3v) is 4.31. The minimum atomic E-state index is -3.70. The zero-order valence-electron chi connectivity index (χ0n) is 8.93. The summed E-state index contributed by atoms with van der Waals surface area (Å²) >= 11 is 0. The van der Waals surface area contributed by atoms with Gasteiger partial charge in [0.2, 0.25) is 0 Å². The molecule has 1 rings (SSSR count).